The van der Waals surface area contributed by atoms with Crippen LogP contribution in [0.4, 0.5) is 0 Å². The summed E-state index contributed by atoms with van der Waals surface area (Å²) in [4.78, 5) is 0. The molecular formula is C22H29N. The molecule has 23 heavy (non-hydrogen) atoms. The molecule has 2 aromatic carbocycles. The number of hydrogen-bond donors (Lipinski definition) is 1. The van der Waals surface area contributed by atoms with E-state index in [9.17, 15) is 0 Å². The highest BCUT2D eigenvalue weighted by Gasteiger charge is 2.21. The van der Waals surface area contributed by atoms with Crippen molar-refractivity contribution in [1.82, 2.24) is 5.32 Å². The Bertz CT molecular complexity index is 604. The lowest BCUT2D eigenvalue weighted by atomic mass is 9.80. The molecule has 3 atom stereocenters. The lowest BCUT2D eigenvalue weighted by molar-refractivity contribution is 0.422. The molecule has 2 aromatic rings. The van der Waals surface area contributed by atoms with Gasteiger partial charge in [0.1, 0.15) is 0 Å². The molecular weight excluding hydrogens is 278 g/mol. The van der Waals surface area contributed by atoms with Crippen LogP contribution < -0.4 is 5.32 Å². The first kappa shape index (κ1) is 16.3. The van der Waals surface area contributed by atoms with Crippen molar-refractivity contribution in [2.24, 2.45) is 0 Å². The number of rotatable bonds is 6. The van der Waals surface area contributed by atoms with Crippen LogP contribution in [0.25, 0.3) is 0 Å². The lowest BCUT2D eigenvalue weighted by Gasteiger charge is -2.28. The first-order valence-electron chi connectivity index (χ1n) is 9.10. The minimum atomic E-state index is 0.567. The van der Waals surface area contributed by atoms with E-state index in [2.05, 4.69) is 73.8 Å². The molecule has 1 aliphatic rings. The van der Waals surface area contributed by atoms with Crippen molar-refractivity contribution in [1.29, 1.82) is 0 Å². The molecule has 1 heteroatoms. The van der Waals surface area contributed by atoms with Crippen LogP contribution in [-0.2, 0) is 6.42 Å². The van der Waals surface area contributed by atoms with E-state index in [4.69, 9.17) is 0 Å². The summed E-state index contributed by atoms with van der Waals surface area (Å²) in [6.45, 7) is 5.71. The summed E-state index contributed by atoms with van der Waals surface area (Å²) in [7, 11) is 0. The third-order valence-corrected chi connectivity index (χ3v) is 5.27. The van der Waals surface area contributed by atoms with E-state index in [0.717, 1.165) is 12.5 Å². The van der Waals surface area contributed by atoms with Gasteiger partial charge in [-0.3, -0.25) is 0 Å². The molecule has 0 amide bonds. The van der Waals surface area contributed by atoms with Gasteiger partial charge in [0.25, 0.3) is 0 Å². The van der Waals surface area contributed by atoms with Gasteiger partial charge >= 0.3 is 0 Å². The molecule has 3 unspecified atom stereocenters. The fourth-order valence-electron chi connectivity index (χ4n) is 3.89. The SMILES string of the molecule is CC(CC1CCCc2ccccc21)NCC(C)c1ccccc1. The van der Waals surface area contributed by atoms with E-state index >= 15 is 0 Å². The molecule has 1 nitrogen and oxygen atoms in total. The lowest BCUT2D eigenvalue weighted by Crippen LogP contribution is -2.31. The topological polar surface area (TPSA) is 12.0 Å². The molecule has 122 valence electrons. The smallest absolute Gasteiger partial charge is 0.00447 e. The van der Waals surface area contributed by atoms with E-state index in [1.807, 2.05) is 0 Å². The minimum absolute atomic E-state index is 0.567. The number of fused-ring (bicyclic) bond motifs is 1. The molecule has 0 bridgehead atoms. The highest BCUT2D eigenvalue weighted by molar-refractivity contribution is 5.32. The largest absolute Gasteiger partial charge is 0.314 e. The van der Waals surface area contributed by atoms with Crippen LogP contribution >= 0.6 is 0 Å². The van der Waals surface area contributed by atoms with Gasteiger partial charge in [-0.15, -0.1) is 0 Å². The zero-order valence-electron chi connectivity index (χ0n) is 14.5. The standard InChI is InChI=1S/C22H29N/c1-17(19-9-4-3-5-10-19)16-23-18(2)15-21-13-8-12-20-11-6-7-14-22(20)21/h3-7,9-11,14,17-18,21,23H,8,12-13,15-16H2,1-2H3. The maximum atomic E-state index is 3.76. The zero-order chi connectivity index (χ0) is 16.1. The molecule has 0 saturated heterocycles. The van der Waals surface area contributed by atoms with Crippen LogP contribution in [0.15, 0.2) is 54.6 Å². The van der Waals surface area contributed by atoms with Gasteiger partial charge in [-0.2, -0.15) is 0 Å². The van der Waals surface area contributed by atoms with Crippen molar-refractivity contribution in [3.63, 3.8) is 0 Å². The van der Waals surface area contributed by atoms with Crippen LogP contribution in [0.1, 0.15) is 61.6 Å². The third kappa shape index (κ3) is 4.23. The summed E-state index contributed by atoms with van der Waals surface area (Å²) in [5, 5.41) is 3.76. The monoisotopic (exact) mass is 307 g/mol. The van der Waals surface area contributed by atoms with Gasteiger partial charge in [0.15, 0.2) is 0 Å². The number of benzene rings is 2. The Hall–Kier alpha value is -1.60. The van der Waals surface area contributed by atoms with Crippen molar-refractivity contribution >= 4 is 0 Å². The van der Waals surface area contributed by atoms with Crippen molar-refractivity contribution in [2.75, 3.05) is 6.54 Å². The molecule has 0 heterocycles. The number of nitrogens with one attached hydrogen (secondary N) is 1. The Morgan fingerprint density at radius 3 is 2.57 bits per heavy atom. The van der Waals surface area contributed by atoms with E-state index in [1.165, 1.54) is 31.2 Å². The minimum Gasteiger partial charge on any atom is -0.314 e. The first-order valence-corrected chi connectivity index (χ1v) is 9.10. The van der Waals surface area contributed by atoms with Gasteiger partial charge in [-0.05, 0) is 61.1 Å². The van der Waals surface area contributed by atoms with Gasteiger partial charge in [0.05, 0.1) is 0 Å². The average Bonchev–Trinajstić information content (AvgIpc) is 2.61. The maximum absolute atomic E-state index is 3.76. The predicted octanol–water partition coefficient (Wildman–Crippen LogP) is 5.28. The molecule has 1 aliphatic carbocycles. The summed E-state index contributed by atoms with van der Waals surface area (Å²) in [5.74, 6) is 1.30. The molecule has 3 rings (SSSR count). The molecule has 1 N–H and O–H groups in total. The van der Waals surface area contributed by atoms with Crippen LogP contribution in [0.3, 0.4) is 0 Å². The van der Waals surface area contributed by atoms with Gasteiger partial charge in [0, 0.05) is 12.6 Å². The van der Waals surface area contributed by atoms with E-state index < -0.39 is 0 Å². The van der Waals surface area contributed by atoms with Crippen LogP contribution in [-0.4, -0.2) is 12.6 Å². The highest BCUT2D eigenvalue weighted by Crippen LogP contribution is 2.34. The predicted molar refractivity (Wildman–Crippen MR) is 99.1 cm³/mol. The van der Waals surface area contributed by atoms with Gasteiger partial charge < -0.3 is 5.32 Å². The summed E-state index contributed by atoms with van der Waals surface area (Å²) in [6, 6.07) is 20.4. The zero-order valence-corrected chi connectivity index (χ0v) is 14.5. The van der Waals surface area contributed by atoms with Crippen molar-refractivity contribution in [3.8, 4) is 0 Å². The second-order valence-corrected chi connectivity index (χ2v) is 7.14. The van der Waals surface area contributed by atoms with Gasteiger partial charge in [-0.25, -0.2) is 0 Å². The maximum Gasteiger partial charge on any atom is 0.00447 e. The fraction of sp³-hybridized carbons (Fsp3) is 0.455. The summed E-state index contributed by atoms with van der Waals surface area (Å²) in [6.07, 6.45) is 5.20. The Labute approximate surface area is 141 Å². The number of hydrogen-bond acceptors (Lipinski definition) is 1. The molecule has 0 saturated carbocycles. The Morgan fingerprint density at radius 1 is 1.00 bits per heavy atom. The van der Waals surface area contributed by atoms with Crippen LogP contribution in [0, 0.1) is 0 Å². The van der Waals surface area contributed by atoms with Crippen molar-refractivity contribution in [2.45, 2.75) is 57.4 Å². The van der Waals surface area contributed by atoms with Gasteiger partial charge in [-0.1, -0.05) is 61.5 Å². The fourth-order valence-corrected chi connectivity index (χ4v) is 3.89. The summed E-state index contributed by atoms with van der Waals surface area (Å²) in [5.41, 5.74) is 4.60. The molecule has 0 spiro atoms. The molecule has 0 aliphatic heterocycles. The molecule has 0 aromatic heterocycles. The van der Waals surface area contributed by atoms with E-state index in [1.54, 1.807) is 11.1 Å². The van der Waals surface area contributed by atoms with Crippen molar-refractivity contribution < 1.29 is 0 Å². The number of aryl methyl sites for hydroxylation is 1. The van der Waals surface area contributed by atoms with E-state index in [-0.39, 0.29) is 0 Å². The Morgan fingerprint density at radius 2 is 1.74 bits per heavy atom. The second-order valence-electron chi connectivity index (χ2n) is 7.14. The highest BCUT2D eigenvalue weighted by atomic mass is 14.9. The third-order valence-electron chi connectivity index (χ3n) is 5.27. The molecule has 0 fully saturated rings. The second kappa shape index (κ2) is 7.79. The molecule has 0 radical (unpaired) electrons. The Kier molecular flexibility index (Phi) is 5.51. The average molecular weight is 307 g/mol. The van der Waals surface area contributed by atoms with Crippen LogP contribution in [0.2, 0.25) is 0 Å². The first-order chi connectivity index (χ1) is 11.2. The quantitative estimate of drug-likeness (QED) is 0.765. The van der Waals surface area contributed by atoms with E-state index in [0.29, 0.717) is 12.0 Å². The summed E-state index contributed by atoms with van der Waals surface area (Å²) < 4.78 is 0. The summed E-state index contributed by atoms with van der Waals surface area (Å²) >= 11 is 0. The van der Waals surface area contributed by atoms with Gasteiger partial charge in [0.2, 0.25) is 0 Å². The Balaban J connectivity index is 1.53. The van der Waals surface area contributed by atoms with Crippen molar-refractivity contribution in [3.05, 3.63) is 71.3 Å². The normalized spacial score (nSPS) is 19.8. The van der Waals surface area contributed by atoms with Crippen LogP contribution in [0.5, 0.6) is 0 Å².